The fraction of sp³-hybridized carbons (Fsp3) is 0.909. The minimum atomic E-state index is -0.118. The Bertz CT molecular complexity index is 186. The fourth-order valence-electron chi connectivity index (χ4n) is 1.36. The number of ether oxygens (including phenoxy) is 2. The van der Waals surface area contributed by atoms with Gasteiger partial charge >= 0.3 is 0 Å². The van der Waals surface area contributed by atoms with E-state index in [9.17, 15) is 4.79 Å². The van der Waals surface area contributed by atoms with Gasteiger partial charge in [0, 0.05) is 19.7 Å². The molecule has 0 aromatic carbocycles. The summed E-state index contributed by atoms with van der Waals surface area (Å²) in [5.41, 5.74) is 5.57. The predicted molar refractivity (Wildman–Crippen MR) is 63.1 cm³/mol. The average Bonchev–Trinajstić information content (AvgIpc) is 2.23. The third-order valence-corrected chi connectivity index (χ3v) is 2.07. The quantitative estimate of drug-likeness (QED) is 0.555. The molecule has 0 aromatic rings. The van der Waals surface area contributed by atoms with Crippen molar-refractivity contribution >= 4 is 5.91 Å². The van der Waals surface area contributed by atoms with E-state index in [4.69, 9.17) is 15.2 Å². The van der Waals surface area contributed by atoms with Crippen molar-refractivity contribution in [3.05, 3.63) is 0 Å². The van der Waals surface area contributed by atoms with Gasteiger partial charge in [-0.05, 0) is 12.3 Å². The van der Waals surface area contributed by atoms with Crippen LogP contribution in [0.2, 0.25) is 0 Å². The van der Waals surface area contributed by atoms with E-state index in [0.717, 1.165) is 6.42 Å². The van der Waals surface area contributed by atoms with Crippen molar-refractivity contribution in [3.63, 3.8) is 0 Å². The Morgan fingerprint density at radius 2 is 2.06 bits per heavy atom. The second-order valence-corrected chi connectivity index (χ2v) is 4.18. The van der Waals surface area contributed by atoms with Crippen molar-refractivity contribution in [2.24, 2.45) is 11.7 Å². The van der Waals surface area contributed by atoms with E-state index in [0.29, 0.717) is 25.7 Å². The summed E-state index contributed by atoms with van der Waals surface area (Å²) in [7, 11) is 1.59. The lowest BCUT2D eigenvalue weighted by molar-refractivity contribution is -0.126. The van der Waals surface area contributed by atoms with Gasteiger partial charge in [-0.15, -0.1) is 0 Å². The largest absolute Gasteiger partial charge is 0.382 e. The molecule has 0 bridgehead atoms. The Kier molecular flexibility index (Phi) is 9.18. The Morgan fingerprint density at radius 3 is 2.56 bits per heavy atom. The molecule has 0 fully saturated rings. The number of nitrogens with two attached hydrogens (primary N) is 1. The van der Waals surface area contributed by atoms with Crippen LogP contribution in [-0.2, 0) is 14.3 Å². The molecule has 1 atom stereocenters. The molecule has 1 amide bonds. The number of carbonyl (C=O) groups is 1. The van der Waals surface area contributed by atoms with Gasteiger partial charge in [0.25, 0.3) is 0 Å². The van der Waals surface area contributed by atoms with E-state index < -0.39 is 0 Å². The van der Waals surface area contributed by atoms with Crippen molar-refractivity contribution in [1.29, 1.82) is 0 Å². The lowest BCUT2D eigenvalue weighted by atomic mass is 10.0. The van der Waals surface area contributed by atoms with Gasteiger partial charge in [-0.1, -0.05) is 13.8 Å². The molecular formula is C11H24N2O3. The summed E-state index contributed by atoms with van der Waals surface area (Å²) in [6, 6.07) is 0.0403. The molecule has 5 heteroatoms. The highest BCUT2D eigenvalue weighted by atomic mass is 16.5. The number of rotatable bonds is 9. The molecule has 0 aliphatic rings. The average molecular weight is 232 g/mol. The van der Waals surface area contributed by atoms with Crippen LogP contribution < -0.4 is 11.1 Å². The number of methoxy groups -OCH3 is 1. The number of amides is 1. The summed E-state index contributed by atoms with van der Waals surface area (Å²) in [6.45, 7) is 5.66. The molecule has 0 saturated heterocycles. The molecule has 5 nitrogen and oxygen atoms in total. The smallest absolute Gasteiger partial charge is 0.246 e. The van der Waals surface area contributed by atoms with Gasteiger partial charge in [-0.25, -0.2) is 0 Å². The zero-order chi connectivity index (χ0) is 12.4. The molecule has 0 radical (unpaired) electrons. The van der Waals surface area contributed by atoms with E-state index in [1.165, 1.54) is 0 Å². The van der Waals surface area contributed by atoms with Crippen LogP contribution in [0.15, 0.2) is 0 Å². The van der Waals surface area contributed by atoms with Crippen LogP contribution in [0.25, 0.3) is 0 Å². The van der Waals surface area contributed by atoms with E-state index in [2.05, 4.69) is 19.2 Å². The Balaban J connectivity index is 3.66. The standard InChI is InChI=1S/C11H24N2O3/c1-9(2)6-10(7-12)13-11(14)8-16-5-4-15-3/h9-10H,4-8,12H2,1-3H3,(H,13,14). The van der Waals surface area contributed by atoms with E-state index in [-0.39, 0.29) is 18.6 Å². The molecule has 16 heavy (non-hydrogen) atoms. The maximum atomic E-state index is 11.4. The molecular weight excluding hydrogens is 208 g/mol. The minimum Gasteiger partial charge on any atom is -0.382 e. The molecule has 0 saturated carbocycles. The van der Waals surface area contributed by atoms with E-state index in [1.807, 2.05) is 0 Å². The number of hydrogen-bond acceptors (Lipinski definition) is 4. The normalized spacial score (nSPS) is 12.8. The van der Waals surface area contributed by atoms with Gasteiger partial charge in [0.05, 0.1) is 13.2 Å². The first-order valence-electron chi connectivity index (χ1n) is 5.66. The van der Waals surface area contributed by atoms with E-state index in [1.54, 1.807) is 7.11 Å². The van der Waals surface area contributed by atoms with Crippen LogP contribution in [0, 0.1) is 5.92 Å². The maximum Gasteiger partial charge on any atom is 0.246 e. The van der Waals surface area contributed by atoms with Crippen LogP contribution in [0.3, 0.4) is 0 Å². The molecule has 0 heterocycles. The minimum absolute atomic E-state index is 0.0403. The number of nitrogens with one attached hydrogen (secondary N) is 1. The van der Waals surface area contributed by atoms with Gasteiger partial charge in [-0.2, -0.15) is 0 Å². The van der Waals surface area contributed by atoms with Crippen LogP contribution in [0.1, 0.15) is 20.3 Å². The van der Waals surface area contributed by atoms with Crippen LogP contribution in [0.4, 0.5) is 0 Å². The number of hydrogen-bond donors (Lipinski definition) is 2. The molecule has 1 unspecified atom stereocenters. The maximum absolute atomic E-state index is 11.4. The highest BCUT2D eigenvalue weighted by Crippen LogP contribution is 2.03. The molecule has 3 N–H and O–H groups in total. The summed E-state index contributed by atoms with van der Waals surface area (Å²) in [5, 5.41) is 2.85. The Labute approximate surface area is 97.7 Å². The summed E-state index contributed by atoms with van der Waals surface area (Å²) >= 11 is 0. The third kappa shape index (κ3) is 8.64. The second kappa shape index (κ2) is 9.57. The van der Waals surface area contributed by atoms with Crippen LogP contribution in [0.5, 0.6) is 0 Å². The lowest BCUT2D eigenvalue weighted by Gasteiger charge is -2.18. The fourth-order valence-corrected chi connectivity index (χ4v) is 1.36. The zero-order valence-corrected chi connectivity index (χ0v) is 10.5. The first-order valence-corrected chi connectivity index (χ1v) is 5.66. The van der Waals surface area contributed by atoms with Crippen molar-refractivity contribution < 1.29 is 14.3 Å². The summed E-state index contributed by atoms with van der Waals surface area (Å²) in [6.07, 6.45) is 0.889. The topological polar surface area (TPSA) is 73.6 Å². The molecule has 0 aromatic heterocycles. The Hall–Kier alpha value is -0.650. The monoisotopic (exact) mass is 232 g/mol. The lowest BCUT2D eigenvalue weighted by Crippen LogP contribution is -2.42. The first kappa shape index (κ1) is 15.3. The van der Waals surface area contributed by atoms with Crippen molar-refractivity contribution in [3.8, 4) is 0 Å². The predicted octanol–water partition coefficient (Wildman–Crippen LogP) is 0.139. The molecule has 0 aliphatic carbocycles. The summed E-state index contributed by atoms with van der Waals surface area (Å²) in [5.74, 6) is 0.399. The second-order valence-electron chi connectivity index (χ2n) is 4.18. The van der Waals surface area contributed by atoms with Crippen LogP contribution >= 0.6 is 0 Å². The summed E-state index contributed by atoms with van der Waals surface area (Å²) < 4.78 is 9.91. The van der Waals surface area contributed by atoms with Gasteiger partial charge in [0.1, 0.15) is 6.61 Å². The SMILES string of the molecule is COCCOCC(=O)NC(CN)CC(C)C. The third-order valence-electron chi connectivity index (χ3n) is 2.07. The summed E-state index contributed by atoms with van der Waals surface area (Å²) in [4.78, 5) is 11.4. The van der Waals surface area contributed by atoms with Crippen LogP contribution in [-0.4, -0.2) is 45.4 Å². The van der Waals surface area contributed by atoms with Crippen molar-refractivity contribution in [1.82, 2.24) is 5.32 Å². The first-order chi connectivity index (χ1) is 7.60. The molecule has 0 aliphatic heterocycles. The molecule has 0 rings (SSSR count). The highest BCUT2D eigenvalue weighted by Gasteiger charge is 2.12. The van der Waals surface area contributed by atoms with E-state index >= 15 is 0 Å². The zero-order valence-electron chi connectivity index (χ0n) is 10.5. The van der Waals surface area contributed by atoms with Gasteiger partial charge in [0.15, 0.2) is 0 Å². The van der Waals surface area contributed by atoms with Gasteiger partial charge in [0.2, 0.25) is 5.91 Å². The van der Waals surface area contributed by atoms with Crippen molar-refractivity contribution in [2.45, 2.75) is 26.3 Å². The molecule has 0 spiro atoms. The Morgan fingerprint density at radius 1 is 1.38 bits per heavy atom. The molecule has 96 valence electrons. The van der Waals surface area contributed by atoms with Gasteiger partial charge in [-0.3, -0.25) is 4.79 Å². The highest BCUT2D eigenvalue weighted by molar-refractivity contribution is 5.77. The van der Waals surface area contributed by atoms with Gasteiger partial charge < -0.3 is 20.5 Å². The number of carbonyl (C=O) groups excluding carboxylic acids is 1. The van der Waals surface area contributed by atoms with Crippen molar-refractivity contribution in [2.75, 3.05) is 33.5 Å².